The Labute approximate surface area is 228 Å². The van der Waals surface area contributed by atoms with Gasteiger partial charge in [-0.2, -0.15) is 0 Å². The van der Waals surface area contributed by atoms with E-state index in [1.165, 1.54) is 29.2 Å². The predicted molar refractivity (Wildman–Crippen MR) is 146 cm³/mol. The third kappa shape index (κ3) is 7.63. The number of nitrogens with one attached hydrogen (secondary N) is 1. The molecule has 3 aromatic carbocycles. The normalized spacial score (nSPS) is 12.9. The summed E-state index contributed by atoms with van der Waals surface area (Å²) in [5, 5.41) is 2.85. The molecule has 0 aromatic heterocycles. The topological polar surface area (TPSA) is 86.8 Å². The number of hydrogen-bond donors (Lipinski definition) is 1. The van der Waals surface area contributed by atoms with Crippen LogP contribution in [0.15, 0.2) is 77.7 Å². The molecule has 39 heavy (non-hydrogen) atoms. The van der Waals surface area contributed by atoms with Crippen molar-refractivity contribution in [3.63, 3.8) is 0 Å². The lowest BCUT2D eigenvalue weighted by Gasteiger charge is -2.32. The van der Waals surface area contributed by atoms with Crippen LogP contribution >= 0.6 is 0 Å². The number of sulfonamides is 1. The molecule has 10 heteroatoms. The molecule has 0 saturated heterocycles. The average molecular weight is 558 g/mol. The van der Waals surface area contributed by atoms with Crippen molar-refractivity contribution in [1.29, 1.82) is 0 Å². The van der Waals surface area contributed by atoms with Gasteiger partial charge in [-0.25, -0.2) is 17.2 Å². The van der Waals surface area contributed by atoms with Crippen molar-refractivity contribution in [3.8, 4) is 0 Å². The van der Waals surface area contributed by atoms with E-state index in [1.807, 2.05) is 20.8 Å². The number of rotatable bonds is 11. The Morgan fingerprint density at radius 1 is 0.872 bits per heavy atom. The Morgan fingerprint density at radius 3 is 1.95 bits per heavy atom. The highest BCUT2D eigenvalue weighted by molar-refractivity contribution is 7.92. The Hall–Kier alpha value is -3.79. The highest BCUT2D eigenvalue weighted by Gasteiger charge is 2.32. The van der Waals surface area contributed by atoms with Gasteiger partial charge in [-0.3, -0.25) is 13.9 Å². The number of carbonyl (C=O) groups excluding carboxylic acids is 2. The molecule has 0 aliphatic rings. The Kier molecular flexibility index (Phi) is 9.80. The first-order valence-electron chi connectivity index (χ1n) is 12.6. The molecule has 0 aliphatic heterocycles. The number of anilines is 1. The van der Waals surface area contributed by atoms with E-state index in [-0.39, 0.29) is 23.2 Å². The molecule has 1 N–H and O–H groups in total. The Bertz CT molecular complexity index is 1380. The van der Waals surface area contributed by atoms with Crippen LogP contribution in [0.2, 0.25) is 0 Å². The van der Waals surface area contributed by atoms with Gasteiger partial charge in [0.15, 0.2) is 0 Å². The number of halogens is 2. The smallest absolute Gasteiger partial charge is 0.264 e. The lowest BCUT2D eigenvalue weighted by molar-refractivity contribution is -0.139. The molecule has 0 saturated carbocycles. The molecule has 3 aromatic rings. The third-order valence-electron chi connectivity index (χ3n) is 6.44. The van der Waals surface area contributed by atoms with Gasteiger partial charge in [-0.05, 0) is 81.3 Å². The van der Waals surface area contributed by atoms with Crippen molar-refractivity contribution in [1.82, 2.24) is 10.2 Å². The van der Waals surface area contributed by atoms with Gasteiger partial charge < -0.3 is 10.2 Å². The zero-order chi connectivity index (χ0) is 28.7. The van der Waals surface area contributed by atoms with Crippen LogP contribution in [0, 0.1) is 18.6 Å². The maximum absolute atomic E-state index is 13.8. The molecule has 0 aliphatic carbocycles. The highest BCUT2D eigenvalue weighted by Crippen LogP contribution is 2.25. The van der Waals surface area contributed by atoms with Crippen molar-refractivity contribution in [3.05, 3.63) is 95.6 Å². The molecule has 0 radical (unpaired) electrons. The number of amides is 2. The summed E-state index contributed by atoms with van der Waals surface area (Å²) < 4.78 is 55.4. The van der Waals surface area contributed by atoms with Gasteiger partial charge in [0, 0.05) is 12.6 Å². The molecular weight excluding hydrogens is 524 g/mol. The second-order valence-corrected chi connectivity index (χ2v) is 11.3. The summed E-state index contributed by atoms with van der Waals surface area (Å²) in [7, 11) is -4.29. The van der Waals surface area contributed by atoms with Crippen LogP contribution in [0.5, 0.6) is 0 Å². The lowest BCUT2D eigenvalue weighted by atomic mass is 10.1. The Balaban J connectivity index is 2.01. The van der Waals surface area contributed by atoms with Crippen molar-refractivity contribution in [2.45, 2.75) is 57.6 Å². The van der Waals surface area contributed by atoms with E-state index >= 15 is 0 Å². The molecule has 0 unspecified atom stereocenters. The van der Waals surface area contributed by atoms with Crippen LogP contribution in [0.4, 0.5) is 14.5 Å². The van der Waals surface area contributed by atoms with Crippen LogP contribution in [-0.2, 0) is 26.2 Å². The molecule has 208 valence electrons. The fourth-order valence-corrected chi connectivity index (χ4v) is 5.22. The predicted octanol–water partition coefficient (Wildman–Crippen LogP) is 4.80. The molecular formula is C29H33F2N3O4S. The molecule has 3 rings (SSSR count). The van der Waals surface area contributed by atoms with E-state index in [0.717, 1.165) is 34.1 Å². The summed E-state index contributed by atoms with van der Waals surface area (Å²) in [5.74, 6) is -2.09. The van der Waals surface area contributed by atoms with Gasteiger partial charge in [-0.1, -0.05) is 36.8 Å². The van der Waals surface area contributed by atoms with Crippen molar-refractivity contribution >= 4 is 27.5 Å². The summed E-state index contributed by atoms with van der Waals surface area (Å²) in [5.41, 5.74) is 1.69. The number of benzene rings is 3. The molecule has 0 bridgehead atoms. The quantitative estimate of drug-likeness (QED) is 0.367. The number of carbonyl (C=O) groups is 2. The van der Waals surface area contributed by atoms with Crippen molar-refractivity contribution in [2.24, 2.45) is 0 Å². The van der Waals surface area contributed by atoms with Crippen LogP contribution in [0.25, 0.3) is 0 Å². The van der Waals surface area contributed by atoms with Crippen molar-refractivity contribution in [2.75, 3.05) is 10.8 Å². The van der Waals surface area contributed by atoms with Gasteiger partial charge in [0.2, 0.25) is 11.8 Å². The van der Waals surface area contributed by atoms with E-state index in [1.54, 1.807) is 31.2 Å². The monoisotopic (exact) mass is 557 g/mol. The van der Waals surface area contributed by atoms with E-state index in [0.29, 0.717) is 12.0 Å². The standard InChI is InChI=1S/C29H33F2N3O4S/c1-5-21(3)32-29(36)22(4)33(18-23-8-10-24(30)11-9-23)28(35)19-34(26-14-6-20(2)7-15-26)39(37,38)27-16-12-25(31)13-17-27/h6-17,21-22H,5,18-19H2,1-4H3,(H,32,36)/t21-,22+/m1/s1. The summed E-state index contributed by atoms with van der Waals surface area (Å²) >= 11 is 0. The first kappa shape index (κ1) is 29.8. The van der Waals surface area contributed by atoms with Crippen LogP contribution in [-0.4, -0.2) is 43.8 Å². The molecule has 0 spiro atoms. The molecule has 2 atom stereocenters. The van der Waals surface area contributed by atoms with Gasteiger partial charge in [-0.15, -0.1) is 0 Å². The zero-order valence-corrected chi connectivity index (χ0v) is 23.2. The van der Waals surface area contributed by atoms with E-state index in [4.69, 9.17) is 0 Å². The SMILES string of the molecule is CC[C@@H](C)NC(=O)[C@H](C)N(Cc1ccc(F)cc1)C(=O)CN(c1ccc(C)cc1)S(=O)(=O)c1ccc(F)cc1. The average Bonchev–Trinajstić information content (AvgIpc) is 2.91. The van der Waals surface area contributed by atoms with Gasteiger partial charge in [0.25, 0.3) is 10.0 Å². The summed E-state index contributed by atoms with van der Waals surface area (Å²) in [6, 6.07) is 15.3. The largest absolute Gasteiger partial charge is 0.352 e. The van der Waals surface area contributed by atoms with E-state index in [2.05, 4.69) is 5.32 Å². The minimum absolute atomic E-state index is 0.0491. The first-order valence-corrected chi connectivity index (χ1v) is 14.1. The molecule has 0 fully saturated rings. The van der Waals surface area contributed by atoms with E-state index < -0.39 is 46.1 Å². The molecule has 2 amide bonds. The van der Waals surface area contributed by atoms with Gasteiger partial charge in [0.1, 0.15) is 24.2 Å². The first-order chi connectivity index (χ1) is 18.4. The van der Waals surface area contributed by atoms with Crippen LogP contribution in [0.3, 0.4) is 0 Å². The number of nitrogens with zero attached hydrogens (tertiary/aromatic N) is 2. The zero-order valence-electron chi connectivity index (χ0n) is 22.4. The summed E-state index contributed by atoms with van der Waals surface area (Å²) in [6.07, 6.45) is 0.682. The van der Waals surface area contributed by atoms with Crippen LogP contribution < -0.4 is 9.62 Å². The van der Waals surface area contributed by atoms with Gasteiger partial charge >= 0.3 is 0 Å². The minimum atomic E-state index is -4.29. The molecule has 7 nitrogen and oxygen atoms in total. The fraction of sp³-hybridized carbons (Fsp3) is 0.310. The van der Waals surface area contributed by atoms with Gasteiger partial charge in [0.05, 0.1) is 10.6 Å². The number of aryl methyl sites for hydroxylation is 1. The second-order valence-electron chi connectivity index (χ2n) is 9.44. The second kappa shape index (κ2) is 12.8. The Morgan fingerprint density at radius 2 is 1.41 bits per heavy atom. The summed E-state index contributed by atoms with van der Waals surface area (Å²) in [4.78, 5) is 27.9. The van der Waals surface area contributed by atoms with Crippen LogP contribution in [0.1, 0.15) is 38.3 Å². The third-order valence-corrected chi connectivity index (χ3v) is 8.23. The summed E-state index contributed by atoms with van der Waals surface area (Å²) in [6.45, 7) is 6.49. The minimum Gasteiger partial charge on any atom is -0.352 e. The maximum atomic E-state index is 13.8. The lowest BCUT2D eigenvalue weighted by Crippen LogP contribution is -2.52. The van der Waals surface area contributed by atoms with Crippen molar-refractivity contribution < 1.29 is 26.8 Å². The molecule has 0 heterocycles. The van der Waals surface area contributed by atoms with E-state index in [9.17, 15) is 26.8 Å². The fourth-order valence-electron chi connectivity index (χ4n) is 3.81. The maximum Gasteiger partial charge on any atom is 0.264 e. The highest BCUT2D eigenvalue weighted by atomic mass is 32.2. The number of hydrogen-bond acceptors (Lipinski definition) is 4.